The van der Waals surface area contributed by atoms with Crippen LogP contribution < -0.4 is 5.32 Å². The van der Waals surface area contributed by atoms with Gasteiger partial charge in [0.05, 0.1) is 21.9 Å². The van der Waals surface area contributed by atoms with Crippen molar-refractivity contribution in [1.82, 2.24) is 0 Å². The van der Waals surface area contributed by atoms with E-state index in [2.05, 4.69) is 5.32 Å². The van der Waals surface area contributed by atoms with Crippen molar-refractivity contribution >= 4 is 40.8 Å². The molecule has 0 heterocycles. The zero-order valence-corrected chi connectivity index (χ0v) is 12.2. The molecule has 2 rings (SSSR count). The molecule has 0 spiro atoms. The molecule has 0 radical (unpaired) electrons. The van der Waals surface area contributed by atoms with Gasteiger partial charge in [-0.3, -0.25) is 9.59 Å². The zero-order chi connectivity index (χ0) is 14.7. The summed E-state index contributed by atoms with van der Waals surface area (Å²) in [5.74, 6) is -2.27. The Morgan fingerprint density at radius 2 is 1.75 bits per heavy atom. The van der Waals surface area contributed by atoms with E-state index in [-0.39, 0.29) is 5.91 Å². The third-order valence-corrected chi connectivity index (χ3v) is 4.35. The minimum atomic E-state index is -0.904. The van der Waals surface area contributed by atoms with Gasteiger partial charge in [-0.15, -0.1) is 0 Å². The highest BCUT2D eigenvalue weighted by molar-refractivity contribution is 6.42. The maximum Gasteiger partial charge on any atom is 0.307 e. The molecule has 108 valence electrons. The van der Waals surface area contributed by atoms with Crippen LogP contribution in [0.15, 0.2) is 18.2 Å². The second kappa shape index (κ2) is 6.46. The predicted molar refractivity (Wildman–Crippen MR) is 78.2 cm³/mol. The number of rotatable bonds is 3. The summed E-state index contributed by atoms with van der Waals surface area (Å²) in [4.78, 5) is 23.4. The van der Waals surface area contributed by atoms with Crippen LogP contribution in [0, 0.1) is 11.8 Å². The van der Waals surface area contributed by atoms with Crippen molar-refractivity contribution in [3.63, 3.8) is 0 Å². The number of halogens is 2. The first-order chi connectivity index (χ1) is 9.49. The maximum atomic E-state index is 12.2. The largest absolute Gasteiger partial charge is 0.481 e. The Bertz CT molecular complexity index is 533. The molecule has 1 amide bonds. The molecule has 1 aromatic rings. The van der Waals surface area contributed by atoms with Gasteiger partial charge in [0.2, 0.25) is 5.91 Å². The summed E-state index contributed by atoms with van der Waals surface area (Å²) in [5.41, 5.74) is 0.527. The summed E-state index contributed by atoms with van der Waals surface area (Å²) in [6, 6.07) is 4.79. The molecule has 1 saturated carbocycles. The Kier molecular flexibility index (Phi) is 4.89. The normalized spacial score (nSPS) is 22.3. The number of carbonyl (C=O) groups is 2. The van der Waals surface area contributed by atoms with Crippen molar-refractivity contribution in [2.75, 3.05) is 5.32 Å². The van der Waals surface area contributed by atoms with E-state index < -0.39 is 17.8 Å². The minimum Gasteiger partial charge on any atom is -0.481 e. The molecule has 1 fully saturated rings. The lowest BCUT2D eigenvalue weighted by atomic mass is 9.78. The second-order valence-corrected chi connectivity index (χ2v) is 5.77. The first-order valence-electron chi connectivity index (χ1n) is 6.48. The van der Waals surface area contributed by atoms with Crippen LogP contribution in [0.5, 0.6) is 0 Å². The van der Waals surface area contributed by atoms with E-state index in [0.29, 0.717) is 28.6 Å². The molecular formula is C14H15Cl2NO3. The first-order valence-corrected chi connectivity index (χ1v) is 7.23. The van der Waals surface area contributed by atoms with Gasteiger partial charge < -0.3 is 10.4 Å². The first kappa shape index (κ1) is 15.1. The molecule has 20 heavy (non-hydrogen) atoms. The molecule has 2 atom stereocenters. The molecule has 0 bridgehead atoms. The quantitative estimate of drug-likeness (QED) is 0.891. The maximum absolute atomic E-state index is 12.2. The lowest BCUT2D eigenvalue weighted by Crippen LogP contribution is -2.36. The lowest BCUT2D eigenvalue weighted by molar-refractivity contribution is -0.147. The molecular weight excluding hydrogens is 301 g/mol. The number of hydrogen-bond donors (Lipinski definition) is 2. The zero-order valence-electron chi connectivity index (χ0n) is 10.7. The van der Waals surface area contributed by atoms with E-state index in [1.807, 2.05) is 0 Å². The van der Waals surface area contributed by atoms with Gasteiger partial charge in [-0.1, -0.05) is 36.0 Å². The fraction of sp³-hybridized carbons (Fsp3) is 0.429. The monoisotopic (exact) mass is 315 g/mol. The van der Waals surface area contributed by atoms with Crippen LogP contribution in [0.3, 0.4) is 0 Å². The van der Waals surface area contributed by atoms with Gasteiger partial charge in [-0.05, 0) is 31.0 Å². The van der Waals surface area contributed by atoms with Crippen molar-refractivity contribution in [2.45, 2.75) is 25.7 Å². The van der Waals surface area contributed by atoms with Crippen LogP contribution in [0.25, 0.3) is 0 Å². The number of nitrogens with one attached hydrogen (secondary N) is 1. The topological polar surface area (TPSA) is 66.4 Å². The van der Waals surface area contributed by atoms with Crippen molar-refractivity contribution < 1.29 is 14.7 Å². The van der Waals surface area contributed by atoms with Gasteiger partial charge in [-0.25, -0.2) is 0 Å². The Morgan fingerprint density at radius 1 is 1.10 bits per heavy atom. The SMILES string of the molecule is O=C(O)[C@H]1CCCC[C@@H]1C(=O)Nc1ccc(Cl)c(Cl)c1. The second-order valence-electron chi connectivity index (χ2n) is 4.95. The summed E-state index contributed by atoms with van der Waals surface area (Å²) in [6.45, 7) is 0. The molecule has 0 aliphatic heterocycles. The standard InChI is InChI=1S/C14H15Cl2NO3/c15-11-6-5-8(7-12(11)16)17-13(18)9-3-1-2-4-10(9)14(19)20/h5-7,9-10H,1-4H2,(H,17,18)(H,19,20)/t9-,10-/m0/s1. The molecule has 0 aromatic heterocycles. The van der Waals surface area contributed by atoms with E-state index in [0.717, 1.165) is 12.8 Å². The van der Waals surface area contributed by atoms with Crippen molar-refractivity contribution in [3.05, 3.63) is 28.2 Å². The fourth-order valence-corrected chi connectivity index (χ4v) is 2.85. The summed E-state index contributed by atoms with van der Waals surface area (Å²) < 4.78 is 0. The highest BCUT2D eigenvalue weighted by Crippen LogP contribution is 2.32. The van der Waals surface area contributed by atoms with Crippen molar-refractivity contribution in [1.29, 1.82) is 0 Å². The van der Waals surface area contributed by atoms with Crippen LogP contribution in [0.4, 0.5) is 5.69 Å². The minimum absolute atomic E-state index is 0.268. The third kappa shape index (κ3) is 3.44. The van der Waals surface area contributed by atoms with Crippen LogP contribution in [-0.4, -0.2) is 17.0 Å². The van der Waals surface area contributed by atoms with Crippen LogP contribution in [0.2, 0.25) is 10.0 Å². The molecule has 1 aromatic carbocycles. The smallest absolute Gasteiger partial charge is 0.307 e. The number of carbonyl (C=O) groups excluding carboxylic acids is 1. The number of carboxylic acid groups (broad SMARTS) is 1. The third-order valence-electron chi connectivity index (χ3n) is 3.61. The van der Waals surface area contributed by atoms with Crippen molar-refractivity contribution in [2.24, 2.45) is 11.8 Å². The fourth-order valence-electron chi connectivity index (χ4n) is 2.55. The highest BCUT2D eigenvalue weighted by atomic mass is 35.5. The Labute approximate surface area is 127 Å². The number of benzene rings is 1. The molecule has 0 unspecified atom stereocenters. The average Bonchev–Trinajstić information content (AvgIpc) is 2.43. The number of carboxylic acids is 1. The summed E-state index contributed by atoms with van der Waals surface area (Å²) in [7, 11) is 0. The summed E-state index contributed by atoms with van der Waals surface area (Å²) in [5, 5.41) is 12.7. The van der Waals surface area contributed by atoms with Gasteiger partial charge in [-0.2, -0.15) is 0 Å². The van der Waals surface area contributed by atoms with Gasteiger partial charge in [0.15, 0.2) is 0 Å². The average molecular weight is 316 g/mol. The Hall–Kier alpha value is -1.26. The molecule has 4 nitrogen and oxygen atoms in total. The Balaban J connectivity index is 2.09. The summed E-state index contributed by atoms with van der Waals surface area (Å²) in [6.07, 6.45) is 2.88. The molecule has 6 heteroatoms. The van der Waals surface area contributed by atoms with E-state index in [1.54, 1.807) is 18.2 Å². The van der Waals surface area contributed by atoms with Crippen LogP contribution in [-0.2, 0) is 9.59 Å². The van der Waals surface area contributed by atoms with E-state index in [9.17, 15) is 14.7 Å². The predicted octanol–water partition coefficient (Wildman–Crippen LogP) is 3.82. The van der Waals surface area contributed by atoms with E-state index in [1.165, 1.54) is 0 Å². The number of hydrogen-bond acceptors (Lipinski definition) is 2. The summed E-state index contributed by atoms with van der Waals surface area (Å²) >= 11 is 11.7. The molecule has 0 saturated heterocycles. The Morgan fingerprint density at radius 3 is 2.35 bits per heavy atom. The van der Waals surface area contributed by atoms with E-state index >= 15 is 0 Å². The van der Waals surface area contributed by atoms with Crippen molar-refractivity contribution in [3.8, 4) is 0 Å². The number of anilines is 1. The molecule has 1 aliphatic carbocycles. The lowest BCUT2D eigenvalue weighted by Gasteiger charge is -2.27. The van der Waals surface area contributed by atoms with Crippen LogP contribution in [0.1, 0.15) is 25.7 Å². The molecule has 2 N–H and O–H groups in total. The van der Waals surface area contributed by atoms with Gasteiger partial charge >= 0.3 is 5.97 Å². The molecule has 1 aliphatic rings. The van der Waals surface area contributed by atoms with Gasteiger partial charge in [0.1, 0.15) is 0 Å². The number of aliphatic carboxylic acids is 1. The van der Waals surface area contributed by atoms with E-state index in [4.69, 9.17) is 23.2 Å². The van der Waals surface area contributed by atoms with Crippen LogP contribution >= 0.6 is 23.2 Å². The van der Waals surface area contributed by atoms with Gasteiger partial charge in [0.25, 0.3) is 0 Å². The van der Waals surface area contributed by atoms with Gasteiger partial charge in [0, 0.05) is 5.69 Å². The number of amides is 1. The highest BCUT2D eigenvalue weighted by Gasteiger charge is 2.35.